The summed E-state index contributed by atoms with van der Waals surface area (Å²) in [4.78, 5) is 13.7. The molecule has 0 bridgehead atoms. The number of hydrogen-bond donors (Lipinski definition) is 1. The maximum Gasteiger partial charge on any atom is 0.280 e. The van der Waals surface area contributed by atoms with Gasteiger partial charge in [0.1, 0.15) is 23.0 Å². The van der Waals surface area contributed by atoms with Crippen LogP contribution in [0.3, 0.4) is 0 Å². The molecule has 0 saturated carbocycles. The second-order valence-electron chi connectivity index (χ2n) is 2.43. The molecule has 0 fully saturated rings. The molecular formula is C8H5F2N3O. The molecule has 1 aromatic heterocycles. The molecule has 1 heterocycles. The van der Waals surface area contributed by atoms with Crippen LogP contribution in [0.15, 0.2) is 6.07 Å². The van der Waals surface area contributed by atoms with Crippen molar-refractivity contribution in [2.45, 2.75) is 6.43 Å². The highest BCUT2D eigenvalue weighted by Crippen LogP contribution is 2.22. The standard InChI is InChI=1S/C8H5F2N3O/c9-8(10)6-1-5(12)4(2-11)7(3-14)13-6/h1,3,8H,(H2,12,13). The number of halogens is 2. The fourth-order valence-corrected chi connectivity index (χ4v) is 0.926. The van der Waals surface area contributed by atoms with Crippen molar-refractivity contribution in [3.8, 4) is 6.07 Å². The summed E-state index contributed by atoms with van der Waals surface area (Å²) >= 11 is 0. The number of pyridine rings is 1. The number of aldehydes is 1. The van der Waals surface area contributed by atoms with Gasteiger partial charge >= 0.3 is 0 Å². The number of anilines is 1. The van der Waals surface area contributed by atoms with Crippen molar-refractivity contribution >= 4 is 12.0 Å². The van der Waals surface area contributed by atoms with E-state index in [0.717, 1.165) is 6.07 Å². The molecule has 0 aromatic carbocycles. The Morgan fingerprint density at radius 1 is 1.64 bits per heavy atom. The highest BCUT2D eigenvalue weighted by molar-refractivity contribution is 5.80. The van der Waals surface area contributed by atoms with Crippen molar-refractivity contribution in [1.82, 2.24) is 4.98 Å². The van der Waals surface area contributed by atoms with Crippen molar-refractivity contribution in [3.05, 3.63) is 23.0 Å². The van der Waals surface area contributed by atoms with E-state index in [1.165, 1.54) is 0 Å². The summed E-state index contributed by atoms with van der Waals surface area (Å²) in [5.41, 5.74) is 3.98. The first-order chi connectivity index (χ1) is 6.60. The normalized spacial score (nSPS) is 9.86. The van der Waals surface area contributed by atoms with Crippen molar-refractivity contribution in [1.29, 1.82) is 5.26 Å². The quantitative estimate of drug-likeness (QED) is 0.724. The zero-order valence-electron chi connectivity index (χ0n) is 6.87. The molecule has 1 aromatic rings. The minimum absolute atomic E-state index is 0.167. The van der Waals surface area contributed by atoms with Gasteiger partial charge < -0.3 is 5.73 Å². The lowest BCUT2D eigenvalue weighted by atomic mass is 10.1. The third kappa shape index (κ3) is 1.66. The van der Waals surface area contributed by atoms with Crippen LogP contribution in [0, 0.1) is 11.3 Å². The van der Waals surface area contributed by atoms with Gasteiger partial charge in [0, 0.05) is 0 Å². The van der Waals surface area contributed by atoms with Gasteiger partial charge in [0.25, 0.3) is 6.43 Å². The molecule has 0 aliphatic rings. The van der Waals surface area contributed by atoms with Gasteiger partial charge in [0.05, 0.1) is 5.69 Å². The number of hydrogen-bond acceptors (Lipinski definition) is 4. The van der Waals surface area contributed by atoms with Gasteiger partial charge in [-0.15, -0.1) is 0 Å². The third-order valence-electron chi connectivity index (χ3n) is 1.54. The number of alkyl halides is 2. The number of carbonyl (C=O) groups is 1. The fourth-order valence-electron chi connectivity index (χ4n) is 0.926. The van der Waals surface area contributed by atoms with Gasteiger partial charge in [0.2, 0.25) is 0 Å². The van der Waals surface area contributed by atoms with Crippen LogP contribution in [-0.2, 0) is 0 Å². The number of nitriles is 1. The van der Waals surface area contributed by atoms with Crippen LogP contribution in [0.1, 0.15) is 28.2 Å². The SMILES string of the molecule is N#Cc1c(N)cc(C(F)F)nc1C=O. The molecule has 4 nitrogen and oxygen atoms in total. The highest BCUT2D eigenvalue weighted by atomic mass is 19.3. The van der Waals surface area contributed by atoms with E-state index >= 15 is 0 Å². The summed E-state index contributed by atoms with van der Waals surface area (Å²) in [7, 11) is 0. The van der Waals surface area contributed by atoms with E-state index in [1.807, 2.05) is 0 Å². The number of nitrogens with two attached hydrogens (primary N) is 1. The lowest BCUT2D eigenvalue weighted by Gasteiger charge is -2.04. The van der Waals surface area contributed by atoms with E-state index in [1.54, 1.807) is 6.07 Å². The van der Waals surface area contributed by atoms with Crippen LogP contribution in [0.25, 0.3) is 0 Å². The summed E-state index contributed by atoms with van der Waals surface area (Å²) in [6, 6.07) is 2.50. The van der Waals surface area contributed by atoms with Gasteiger partial charge in [-0.3, -0.25) is 4.79 Å². The number of carbonyl (C=O) groups excluding carboxylic acids is 1. The molecule has 72 valence electrons. The highest BCUT2D eigenvalue weighted by Gasteiger charge is 2.15. The molecule has 0 radical (unpaired) electrons. The molecule has 0 unspecified atom stereocenters. The largest absolute Gasteiger partial charge is 0.398 e. The van der Waals surface area contributed by atoms with Crippen LogP contribution in [0.4, 0.5) is 14.5 Å². The number of aromatic nitrogens is 1. The van der Waals surface area contributed by atoms with Gasteiger partial charge in [0.15, 0.2) is 6.29 Å². The van der Waals surface area contributed by atoms with E-state index in [4.69, 9.17) is 11.0 Å². The van der Waals surface area contributed by atoms with E-state index in [2.05, 4.69) is 4.98 Å². The lowest BCUT2D eigenvalue weighted by Crippen LogP contribution is -2.03. The molecule has 2 N–H and O–H groups in total. The number of rotatable bonds is 2. The van der Waals surface area contributed by atoms with Crippen molar-refractivity contribution in [2.24, 2.45) is 0 Å². The topological polar surface area (TPSA) is 79.8 Å². The van der Waals surface area contributed by atoms with E-state index in [-0.39, 0.29) is 23.2 Å². The zero-order chi connectivity index (χ0) is 10.7. The minimum Gasteiger partial charge on any atom is -0.398 e. The second kappa shape index (κ2) is 3.79. The maximum absolute atomic E-state index is 12.2. The molecule has 0 atom stereocenters. The fraction of sp³-hybridized carbons (Fsp3) is 0.125. The van der Waals surface area contributed by atoms with Crippen LogP contribution >= 0.6 is 0 Å². The molecule has 14 heavy (non-hydrogen) atoms. The minimum atomic E-state index is -2.82. The Balaban J connectivity index is 3.40. The Labute approximate surface area is 78.0 Å². The Morgan fingerprint density at radius 2 is 2.29 bits per heavy atom. The summed E-state index contributed by atoms with van der Waals surface area (Å²) in [5, 5.41) is 8.54. The van der Waals surface area contributed by atoms with Gasteiger partial charge in [-0.2, -0.15) is 5.26 Å². The maximum atomic E-state index is 12.2. The summed E-state index contributed by atoms with van der Waals surface area (Å²) in [5.74, 6) is 0. The Kier molecular flexibility index (Phi) is 2.72. The zero-order valence-corrected chi connectivity index (χ0v) is 6.87. The van der Waals surface area contributed by atoms with Crippen LogP contribution in [0.5, 0.6) is 0 Å². The van der Waals surface area contributed by atoms with Gasteiger partial charge in [-0.1, -0.05) is 0 Å². The van der Waals surface area contributed by atoms with Gasteiger partial charge in [-0.25, -0.2) is 13.8 Å². The third-order valence-corrected chi connectivity index (χ3v) is 1.54. The molecular weight excluding hydrogens is 192 g/mol. The molecule has 6 heteroatoms. The predicted octanol–water partition coefficient (Wildman–Crippen LogP) is 1.29. The smallest absolute Gasteiger partial charge is 0.280 e. The first-order valence-corrected chi connectivity index (χ1v) is 3.54. The summed E-state index contributed by atoms with van der Waals surface area (Å²) < 4.78 is 24.4. The average molecular weight is 197 g/mol. The first kappa shape index (κ1) is 10.1. The molecule has 0 amide bonds. The average Bonchev–Trinajstić information content (AvgIpc) is 2.16. The van der Waals surface area contributed by atoms with E-state index in [9.17, 15) is 13.6 Å². The molecule has 1 rings (SSSR count). The van der Waals surface area contributed by atoms with Crippen LogP contribution in [0.2, 0.25) is 0 Å². The molecule has 0 aliphatic carbocycles. The number of nitrogens with zero attached hydrogens (tertiary/aromatic N) is 2. The lowest BCUT2D eigenvalue weighted by molar-refractivity contribution is 0.111. The predicted molar refractivity (Wildman–Crippen MR) is 43.7 cm³/mol. The van der Waals surface area contributed by atoms with Gasteiger partial charge in [-0.05, 0) is 6.07 Å². The van der Waals surface area contributed by atoms with Crippen LogP contribution < -0.4 is 5.73 Å². The first-order valence-electron chi connectivity index (χ1n) is 3.54. The Hall–Kier alpha value is -2.03. The summed E-state index contributed by atoms with van der Waals surface area (Å²) in [6.07, 6.45) is -2.59. The van der Waals surface area contributed by atoms with E-state index < -0.39 is 12.1 Å². The Morgan fingerprint density at radius 3 is 2.71 bits per heavy atom. The molecule has 0 saturated heterocycles. The molecule has 0 spiro atoms. The van der Waals surface area contributed by atoms with Crippen molar-refractivity contribution < 1.29 is 13.6 Å². The second-order valence-corrected chi connectivity index (χ2v) is 2.43. The van der Waals surface area contributed by atoms with E-state index in [0.29, 0.717) is 0 Å². The molecule has 0 aliphatic heterocycles. The van der Waals surface area contributed by atoms with Crippen molar-refractivity contribution in [2.75, 3.05) is 5.73 Å². The number of nitrogen functional groups attached to an aromatic ring is 1. The van der Waals surface area contributed by atoms with Crippen molar-refractivity contribution in [3.63, 3.8) is 0 Å². The summed E-state index contributed by atoms with van der Waals surface area (Å²) in [6.45, 7) is 0. The van der Waals surface area contributed by atoms with Crippen LogP contribution in [-0.4, -0.2) is 11.3 Å². The monoisotopic (exact) mass is 197 g/mol. The Bertz CT molecular complexity index is 412.